The van der Waals surface area contributed by atoms with Crippen LogP contribution in [-0.4, -0.2) is 47.7 Å². The number of hydrazone groups is 2. The van der Waals surface area contributed by atoms with Gasteiger partial charge in [0, 0.05) is 12.8 Å². The van der Waals surface area contributed by atoms with Crippen molar-refractivity contribution in [2.75, 3.05) is 13.6 Å². The highest BCUT2D eigenvalue weighted by Gasteiger charge is 2.23. The zero-order valence-electron chi connectivity index (χ0n) is 21.0. The second-order valence-corrected chi connectivity index (χ2v) is 8.54. The van der Waals surface area contributed by atoms with Gasteiger partial charge in [-0.25, -0.2) is 10.9 Å². The minimum Gasteiger partial charge on any atom is -0.454 e. The third-order valence-electron chi connectivity index (χ3n) is 5.78. The van der Waals surface area contributed by atoms with Crippen LogP contribution >= 0.6 is 0 Å². The van der Waals surface area contributed by atoms with E-state index < -0.39 is 9.85 Å². The Balaban J connectivity index is 1.12. The van der Waals surface area contributed by atoms with Gasteiger partial charge in [0.2, 0.25) is 25.4 Å². The van der Waals surface area contributed by atoms with Crippen LogP contribution in [0.4, 0.5) is 11.4 Å². The Morgan fingerprint density at radius 1 is 0.700 bits per heavy atom. The standard InChI is InChI=1S/C24H24N6O10/c31-23(27-25-11-15-7-19-21(39-13-37-19)9-17(15)29(33)34)5-3-1-2-4-6-24(32)28-26-12-16-8-20-22(40-14-38-20)10-18(16)30(35)36/h7-12H,1-6,13-14H2,(H,27,31)(H,28,32)/b25-11+,26-12+. The van der Waals surface area contributed by atoms with Crippen molar-refractivity contribution in [1.82, 2.24) is 10.9 Å². The molecule has 2 aromatic rings. The molecule has 0 radical (unpaired) electrons. The summed E-state index contributed by atoms with van der Waals surface area (Å²) in [5.41, 5.74) is 4.53. The first-order chi connectivity index (χ1) is 19.3. The Morgan fingerprint density at radius 3 is 1.45 bits per heavy atom. The second kappa shape index (κ2) is 13.0. The number of nitro benzene ring substituents is 2. The molecule has 210 valence electrons. The van der Waals surface area contributed by atoms with Crippen molar-refractivity contribution in [2.24, 2.45) is 10.2 Å². The van der Waals surface area contributed by atoms with Crippen molar-refractivity contribution in [3.05, 3.63) is 55.6 Å². The smallest absolute Gasteiger partial charge is 0.282 e. The summed E-state index contributed by atoms with van der Waals surface area (Å²) in [6.45, 7) is -0.0606. The quantitative estimate of drug-likeness (QED) is 0.160. The van der Waals surface area contributed by atoms with Crippen molar-refractivity contribution in [3.63, 3.8) is 0 Å². The van der Waals surface area contributed by atoms with Gasteiger partial charge in [-0.15, -0.1) is 0 Å². The van der Waals surface area contributed by atoms with Gasteiger partial charge in [0.25, 0.3) is 11.4 Å². The first-order valence-corrected chi connectivity index (χ1v) is 12.1. The molecular formula is C24H24N6O10. The van der Waals surface area contributed by atoms with Crippen LogP contribution in [0.5, 0.6) is 23.0 Å². The molecule has 0 atom stereocenters. The molecule has 4 rings (SSSR count). The zero-order chi connectivity index (χ0) is 28.5. The van der Waals surface area contributed by atoms with Gasteiger partial charge in [-0.1, -0.05) is 12.8 Å². The lowest BCUT2D eigenvalue weighted by atomic mass is 10.1. The Hall–Kier alpha value is -5.28. The molecule has 2 aliphatic heterocycles. The number of fused-ring (bicyclic) bond motifs is 2. The van der Waals surface area contributed by atoms with Crippen LogP contribution in [0, 0.1) is 20.2 Å². The van der Waals surface area contributed by atoms with Crippen molar-refractivity contribution in [3.8, 4) is 23.0 Å². The molecule has 16 nitrogen and oxygen atoms in total. The third-order valence-corrected chi connectivity index (χ3v) is 5.78. The lowest BCUT2D eigenvalue weighted by Gasteiger charge is -2.03. The number of ether oxygens (including phenoxy) is 4. The van der Waals surface area contributed by atoms with Crippen LogP contribution in [-0.2, 0) is 9.59 Å². The van der Waals surface area contributed by atoms with Gasteiger partial charge in [-0.05, 0) is 25.0 Å². The van der Waals surface area contributed by atoms with E-state index in [2.05, 4.69) is 21.1 Å². The monoisotopic (exact) mass is 556 g/mol. The Morgan fingerprint density at radius 2 is 1.07 bits per heavy atom. The molecule has 0 unspecified atom stereocenters. The second-order valence-electron chi connectivity index (χ2n) is 8.54. The van der Waals surface area contributed by atoms with Crippen molar-refractivity contribution >= 4 is 35.6 Å². The molecule has 0 bridgehead atoms. The number of hydrogen-bond acceptors (Lipinski definition) is 12. The van der Waals surface area contributed by atoms with E-state index >= 15 is 0 Å². The normalized spacial score (nSPS) is 13.1. The number of nitro groups is 2. The molecule has 2 aliphatic rings. The maximum absolute atomic E-state index is 12.0. The van der Waals surface area contributed by atoms with Gasteiger partial charge in [-0.2, -0.15) is 10.2 Å². The van der Waals surface area contributed by atoms with E-state index in [4.69, 9.17) is 18.9 Å². The fourth-order valence-corrected chi connectivity index (χ4v) is 3.80. The summed E-state index contributed by atoms with van der Waals surface area (Å²) in [5, 5.41) is 30.1. The molecule has 0 aromatic heterocycles. The topological polar surface area (TPSA) is 206 Å². The maximum atomic E-state index is 12.0. The predicted molar refractivity (Wildman–Crippen MR) is 138 cm³/mol. The molecule has 2 aromatic carbocycles. The number of nitrogens with one attached hydrogen (secondary N) is 2. The molecule has 0 fully saturated rings. The van der Waals surface area contributed by atoms with Crippen LogP contribution in [0.2, 0.25) is 0 Å². The number of hydrogen-bond donors (Lipinski definition) is 2. The summed E-state index contributed by atoms with van der Waals surface area (Å²) in [5.74, 6) is 0.532. The largest absolute Gasteiger partial charge is 0.454 e. The van der Waals surface area contributed by atoms with E-state index in [0.29, 0.717) is 37.2 Å². The van der Waals surface area contributed by atoms with Crippen LogP contribution in [0.15, 0.2) is 34.5 Å². The van der Waals surface area contributed by atoms with Crippen LogP contribution in [0.3, 0.4) is 0 Å². The minimum absolute atomic E-state index is 0.0303. The van der Waals surface area contributed by atoms with E-state index in [0.717, 1.165) is 0 Å². The molecule has 2 amide bonds. The van der Waals surface area contributed by atoms with Gasteiger partial charge in [0.05, 0.1) is 45.5 Å². The number of unbranched alkanes of at least 4 members (excludes halogenated alkanes) is 3. The molecule has 2 N–H and O–H groups in total. The summed E-state index contributed by atoms with van der Waals surface area (Å²) in [6, 6.07) is 5.31. The number of benzene rings is 2. The first kappa shape index (κ1) is 27.7. The Bertz CT molecular complexity index is 1270. The van der Waals surface area contributed by atoms with Crippen molar-refractivity contribution in [1.29, 1.82) is 0 Å². The van der Waals surface area contributed by atoms with E-state index in [9.17, 15) is 29.8 Å². The Labute approximate surface area is 226 Å². The summed E-state index contributed by atoms with van der Waals surface area (Å²) in [6.07, 6.45) is 5.19. The highest BCUT2D eigenvalue weighted by Crippen LogP contribution is 2.38. The number of carbonyl (C=O) groups excluding carboxylic acids is 2. The molecule has 0 saturated carbocycles. The summed E-state index contributed by atoms with van der Waals surface area (Å²) >= 11 is 0. The van der Waals surface area contributed by atoms with Gasteiger partial charge >= 0.3 is 0 Å². The summed E-state index contributed by atoms with van der Waals surface area (Å²) in [7, 11) is 0. The fraction of sp³-hybridized carbons (Fsp3) is 0.333. The number of rotatable bonds is 13. The van der Waals surface area contributed by atoms with Crippen LogP contribution < -0.4 is 29.8 Å². The number of carbonyl (C=O) groups is 2. The predicted octanol–water partition coefficient (Wildman–Crippen LogP) is 2.90. The van der Waals surface area contributed by atoms with Gasteiger partial charge in [0.15, 0.2) is 23.0 Å². The molecular weight excluding hydrogens is 532 g/mol. The zero-order valence-corrected chi connectivity index (χ0v) is 21.0. The van der Waals surface area contributed by atoms with E-state index in [1.165, 1.54) is 36.7 Å². The lowest BCUT2D eigenvalue weighted by Crippen LogP contribution is -2.17. The Kier molecular flexibility index (Phi) is 9.01. The molecule has 0 aliphatic carbocycles. The summed E-state index contributed by atoms with van der Waals surface area (Å²) < 4.78 is 20.7. The molecule has 2 heterocycles. The molecule has 0 spiro atoms. The van der Waals surface area contributed by atoms with Crippen molar-refractivity contribution in [2.45, 2.75) is 38.5 Å². The highest BCUT2D eigenvalue weighted by atomic mass is 16.7. The average molecular weight is 556 g/mol. The first-order valence-electron chi connectivity index (χ1n) is 12.1. The van der Waals surface area contributed by atoms with E-state index in [1.54, 1.807) is 0 Å². The fourth-order valence-electron chi connectivity index (χ4n) is 3.80. The van der Waals surface area contributed by atoms with Crippen LogP contribution in [0.25, 0.3) is 0 Å². The van der Waals surface area contributed by atoms with Gasteiger partial charge in [-0.3, -0.25) is 29.8 Å². The van der Waals surface area contributed by atoms with E-state index in [-0.39, 0.29) is 72.2 Å². The van der Waals surface area contributed by atoms with Gasteiger partial charge in [0.1, 0.15) is 0 Å². The van der Waals surface area contributed by atoms with Crippen LogP contribution in [0.1, 0.15) is 49.7 Å². The SMILES string of the molecule is O=C(CCCCCCC(=O)N/N=C/c1cc2c(cc1[N+](=O)[O-])OCO2)N/N=C/c1cc2c(cc1[N+](=O)[O-])OCO2. The average Bonchev–Trinajstić information content (AvgIpc) is 3.58. The molecule has 16 heteroatoms. The van der Waals surface area contributed by atoms with Crippen molar-refractivity contribution < 1.29 is 38.4 Å². The third kappa shape index (κ3) is 7.18. The number of nitrogens with zero attached hydrogens (tertiary/aromatic N) is 4. The maximum Gasteiger partial charge on any atom is 0.282 e. The highest BCUT2D eigenvalue weighted by molar-refractivity contribution is 5.89. The number of amides is 2. The molecule has 40 heavy (non-hydrogen) atoms. The molecule has 0 saturated heterocycles. The minimum atomic E-state index is -0.580. The van der Waals surface area contributed by atoms with Gasteiger partial charge < -0.3 is 18.9 Å². The lowest BCUT2D eigenvalue weighted by molar-refractivity contribution is -0.385. The van der Waals surface area contributed by atoms with E-state index in [1.807, 2.05) is 0 Å². The summed E-state index contributed by atoms with van der Waals surface area (Å²) in [4.78, 5) is 45.4.